The second-order valence-corrected chi connectivity index (χ2v) is 5.13. The smallest absolute Gasteiger partial charge is 0.0236 e. The molecule has 94 valence electrons. The van der Waals surface area contributed by atoms with Crippen molar-refractivity contribution >= 4 is 0 Å². The van der Waals surface area contributed by atoms with E-state index in [-0.39, 0.29) is 0 Å². The summed E-state index contributed by atoms with van der Waals surface area (Å²) >= 11 is 0. The summed E-state index contributed by atoms with van der Waals surface area (Å²) in [7, 11) is 2.04. The van der Waals surface area contributed by atoms with E-state index in [2.05, 4.69) is 41.4 Å². The third-order valence-electron chi connectivity index (χ3n) is 3.81. The molecule has 17 heavy (non-hydrogen) atoms. The van der Waals surface area contributed by atoms with E-state index < -0.39 is 0 Å². The summed E-state index contributed by atoms with van der Waals surface area (Å²) in [6, 6.07) is 9.51. The van der Waals surface area contributed by atoms with Crippen molar-refractivity contribution in [3.8, 4) is 0 Å². The van der Waals surface area contributed by atoms with Crippen molar-refractivity contribution in [3.05, 3.63) is 35.4 Å². The molecule has 1 aliphatic heterocycles. The first-order chi connectivity index (χ1) is 8.29. The lowest BCUT2D eigenvalue weighted by Crippen LogP contribution is -2.32. The molecule has 1 atom stereocenters. The number of benzene rings is 1. The van der Waals surface area contributed by atoms with E-state index in [4.69, 9.17) is 0 Å². The summed E-state index contributed by atoms with van der Waals surface area (Å²) in [5, 5.41) is 3.30. The molecule has 0 amide bonds. The number of nitrogens with one attached hydrogen (secondary N) is 1. The van der Waals surface area contributed by atoms with E-state index in [1.165, 1.54) is 37.9 Å². The zero-order chi connectivity index (χ0) is 12.1. The molecular weight excluding hydrogens is 208 g/mol. The molecule has 1 N–H and O–H groups in total. The molecular formula is C15H24N2. The van der Waals surface area contributed by atoms with Gasteiger partial charge in [0.25, 0.3) is 0 Å². The van der Waals surface area contributed by atoms with Gasteiger partial charge in [0.1, 0.15) is 0 Å². The number of rotatable bonds is 5. The van der Waals surface area contributed by atoms with Gasteiger partial charge >= 0.3 is 0 Å². The Kier molecular flexibility index (Phi) is 4.57. The van der Waals surface area contributed by atoms with Crippen LogP contribution in [0.25, 0.3) is 0 Å². The van der Waals surface area contributed by atoms with Gasteiger partial charge in [0.15, 0.2) is 0 Å². The van der Waals surface area contributed by atoms with Crippen molar-refractivity contribution in [2.75, 3.05) is 20.1 Å². The van der Waals surface area contributed by atoms with Crippen LogP contribution >= 0.6 is 0 Å². The Morgan fingerprint density at radius 2 is 2.06 bits per heavy atom. The Morgan fingerprint density at radius 1 is 1.29 bits per heavy atom. The highest BCUT2D eigenvalue weighted by molar-refractivity contribution is 5.28. The van der Waals surface area contributed by atoms with E-state index in [1.807, 2.05) is 7.05 Å². The number of hydrogen-bond donors (Lipinski definition) is 1. The predicted octanol–water partition coefficient (Wildman–Crippen LogP) is 2.43. The molecule has 0 aromatic heterocycles. The Hall–Kier alpha value is -0.860. The Bertz CT molecular complexity index is 349. The molecule has 1 aliphatic rings. The van der Waals surface area contributed by atoms with Gasteiger partial charge in [-0.25, -0.2) is 0 Å². The molecule has 0 bridgehead atoms. The molecule has 0 spiro atoms. The maximum atomic E-state index is 3.30. The summed E-state index contributed by atoms with van der Waals surface area (Å²) in [5.74, 6) is 0. The number of fused-ring (bicyclic) bond motifs is 1. The molecule has 0 saturated carbocycles. The second-order valence-electron chi connectivity index (χ2n) is 5.13. The van der Waals surface area contributed by atoms with Crippen molar-refractivity contribution in [1.82, 2.24) is 10.2 Å². The lowest BCUT2D eigenvalue weighted by atomic mass is 9.99. The Balaban J connectivity index is 1.78. The third kappa shape index (κ3) is 3.55. The minimum Gasteiger partial charge on any atom is -0.317 e. The maximum Gasteiger partial charge on any atom is 0.0236 e. The number of nitrogens with zero attached hydrogens (tertiary/aromatic N) is 1. The van der Waals surface area contributed by atoms with Crippen LogP contribution < -0.4 is 5.32 Å². The maximum absolute atomic E-state index is 3.30. The largest absolute Gasteiger partial charge is 0.317 e. The highest BCUT2D eigenvalue weighted by Gasteiger charge is 2.14. The Labute approximate surface area is 105 Å². The third-order valence-corrected chi connectivity index (χ3v) is 3.81. The second kappa shape index (κ2) is 6.18. The number of hydrogen-bond acceptors (Lipinski definition) is 2. The zero-order valence-electron chi connectivity index (χ0n) is 11.1. The quantitative estimate of drug-likeness (QED) is 0.839. The first kappa shape index (κ1) is 12.6. The van der Waals surface area contributed by atoms with Gasteiger partial charge in [0, 0.05) is 19.1 Å². The fourth-order valence-corrected chi connectivity index (χ4v) is 2.51. The van der Waals surface area contributed by atoms with Crippen LogP contribution in [0.1, 0.15) is 30.9 Å². The van der Waals surface area contributed by atoms with Gasteiger partial charge in [-0.15, -0.1) is 0 Å². The van der Waals surface area contributed by atoms with Crippen molar-refractivity contribution in [1.29, 1.82) is 0 Å². The van der Waals surface area contributed by atoms with Gasteiger partial charge in [0.05, 0.1) is 0 Å². The first-order valence-electron chi connectivity index (χ1n) is 6.76. The monoisotopic (exact) mass is 232 g/mol. The molecule has 1 aromatic carbocycles. The van der Waals surface area contributed by atoms with Gasteiger partial charge in [-0.1, -0.05) is 24.3 Å². The van der Waals surface area contributed by atoms with Gasteiger partial charge in [-0.3, -0.25) is 4.90 Å². The van der Waals surface area contributed by atoms with E-state index >= 15 is 0 Å². The average Bonchev–Trinajstić information content (AvgIpc) is 2.38. The van der Waals surface area contributed by atoms with Gasteiger partial charge < -0.3 is 5.32 Å². The van der Waals surface area contributed by atoms with Crippen LogP contribution in [0.15, 0.2) is 24.3 Å². The van der Waals surface area contributed by atoms with Crippen LogP contribution in [0.4, 0.5) is 0 Å². The summed E-state index contributed by atoms with van der Waals surface area (Å²) in [4.78, 5) is 2.59. The fourth-order valence-electron chi connectivity index (χ4n) is 2.51. The molecule has 1 unspecified atom stereocenters. The molecule has 0 saturated heterocycles. The minimum atomic E-state index is 0.645. The summed E-state index contributed by atoms with van der Waals surface area (Å²) < 4.78 is 0. The van der Waals surface area contributed by atoms with Crippen LogP contribution in [0.2, 0.25) is 0 Å². The molecule has 0 radical (unpaired) electrons. The summed E-state index contributed by atoms with van der Waals surface area (Å²) in [5.41, 5.74) is 3.08. The first-order valence-corrected chi connectivity index (χ1v) is 6.76. The van der Waals surface area contributed by atoms with Gasteiger partial charge in [-0.05, 0) is 50.9 Å². The summed E-state index contributed by atoms with van der Waals surface area (Å²) in [6.07, 6.45) is 3.79. The minimum absolute atomic E-state index is 0.645. The topological polar surface area (TPSA) is 15.3 Å². The SMILES string of the molecule is CNC(C)CCCN1CCc2ccccc2C1. The standard InChI is InChI=1S/C15H24N2/c1-13(16-2)6-5-10-17-11-9-14-7-3-4-8-15(14)12-17/h3-4,7-8,13,16H,5-6,9-12H2,1-2H3. The lowest BCUT2D eigenvalue weighted by molar-refractivity contribution is 0.246. The zero-order valence-corrected chi connectivity index (χ0v) is 11.1. The molecule has 2 rings (SSSR count). The van der Waals surface area contributed by atoms with E-state index in [1.54, 1.807) is 5.56 Å². The molecule has 1 aromatic rings. The van der Waals surface area contributed by atoms with E-state index in [0.29, 0.717) is 6.04 Å². The van der Waals surface area contributed by atoms with Crippen molar-refractivity contribution in [2.24, 2.45) is 0 Å². The highest BCUT2D eigenvalue weighted by atomic mass is 15.1. The van der Waals surface area contributed by atoms with Crippen LogP contribution in [-0.2, 0) is 13.0 Å². The van der Waals surface area contributed by atoms with Crippen LogP contribution in [0.3, 0.4) is 0 Å². The molecule has 0 aliphatic carbocycles. The van der Waals surface area contributed by atoms with Gasteiger partial charge in [0.2, 0.25) is 0 Å². The van der Waals surface area contributed by atoms with Gasteiger partial charge in [-0.2, -0.15) is 0 Å². The van der Waals surface area contributed by atoms with Crippen molar-refractivity contribution < 1.29 is 0 Å². The molecule has 1 heterocycles. The average molecular weight is 232 g/mol. The molecule has 2 nitrogen and oxygen atoms in total. The van der Waals surface area contributed by atoms with Crippen molar-refractivity contribution in [2.45, 2.75) is 38.8 Å². The van der Waals surface area contributed by atoms with Crippen LogP contribution in [0.5, 0.6) is 0 Å². The van der Waals surface area contributed by atoms with E-state index in [0.717, 1.165) is 6.54 Å². The lowest BCUT2D eigenvalue weighted by Gasteiger charge is -2.29. The van der Waals surface area contributed by atoms with Crippen LogP contribution in [-0.4, -0.2) is 31.1 Å². The predicted molar refractivity (Wildman–Crippen MR) is 73.2 cm³/mol. The fraction of sp³-hybridized carbons (Fsp3) is 0.600. The summed E-state index contributed by atoms with van der Waals surface area (Å²) in [6.45, 7) is 5.86. The molecule has 2 heteroatoms. The van der Waals surface area contributed by atoms with E-state index in [9.17, 15) is 0 Å². The molecule has 0 fully saturated rings. The van der Waals surface area contributed by atoms with Crippen molar-refractivity contribution in [3.63, 3.8) is 0 Å². The highest BCUT2D eigenvalue weighted by Crippen LogP contribution is 2.18. The Morgan fingerprint density at radius 3 is 2.82 bits per heavy atom. The van der Waals surface area contributed by atoms with Crippen LogP contribution in [0, 0.1) is 0 Å². The normalized spacial score (nSPS) is 17.8.